The monoisotopic (exact) mass is 195 g/mol. The van der Waals surface area contributed by atoms with Crippen LogP contribution in [0, 0.1) is 5.92 Å². The molecule has 78 valence electrons. The number of hydrogen-bond donors (Lipinski definition) is 1. The van der Waals surface area contributed by atoms with Gasteiger partial charge in [-0.15, -0.1) is 10.2 Å². The Labute approximate surface area is 84.5 Å². The van der Waals surface area contributed by atoms with E-state index in [0.29, 0.717) is 24.2 Å². The van der Waals surface area contributed by atoms with Crippen molar-refractivity contribution in [3.8, 4) is 5.88 Å². The Kier molecular flexibility index (Phi) is 4.16. The zero-order chi connectivity index (χ0) is 10.4. The van der Waals surface area contributed by atoms with Crippen LogP contribution in [-0.2, 0) is 0 Å². The number of ether oxygens (including phenoxy) is 1. The van der Waals surface area contributed by atoms with E-state index in [4.69, 9.17) is 10.5 Å². The first-order chi connectivity index (χ1) is 6.72. The lowest BCUT2D eigenvalue weighted by Crippen LogP contribution is -2.09. The Morgan fingerprint density at radius 3 is 2.79 bits per heavy atom. The first-order valence-corrected chi connectivity index (χ1v) is 4.94. The number of nitrogen functional groups attached to an aromatic ring is 1. The predicted molar refractivity (Wildman–Crippen MR) is 56.0 cm³/mol. The number of nitrogens with two attached hydrogens (primary N) is 1. The van der Waals surface area contributed by atoms with E-state index in [-0.39, 0.29) is 0 Å². The van der Waals surface area contributed by atoms with Gasteiger partial charge < -0.3 is 10.5 Å². The number of rotatable bonds is 5. The molecular formula is C10H17N3O. The lowest BCUT2D eigenvalue weighted by atomic mass is 10.1. The summed E-state index contributed by atoms with van der Waals surface area (Å²) in [4.78, 5) is 0. The van der Waals surface area contributed by atoms with Crippen molar-refractivity contribution < 1.29 is 4.74 Å². The molecule has 0 aliphatic carbocycles. The summed E-state index contributed by atoms with van der Waals surface area (Å²) < 4.78 is 5.45. The molecule has 1 rings (SSSR count). The van der Waals surface area contributed by atoms with Gasteiger partial charge in [-0.1, -0.05) is 20.3 Å². The van der Waals surface area contributed by atoms with Crippen molar-refractivity contribution in [1.29, 1.82) is 0 Å². The highest BCUT2D eigenvalue weighted by molar-refractivity contribution is 5.27. The molecule has 4 heteroatoms. The summed E-state index contributed by atoms with van der Waals surface area (Å²) in [5.41, 5.74) is 5.40. The van der Waals surface area contributed by atoms with E-state index in [9.17, 15) is 0 Å². The molecule has 0 radical (unpaired) electrons. The lowest BCUT2D eigenvalue weighted by molar-refractivity contribution is 0.241. The molecule has 1 unspecified atom stereocenters. The highest BCUT2D eigenvalue weighted by Gasteiger charge is 2.02. The quantitative estimate of drug-likeness (QED) is 0.779. The maximum atomic E-state index is 5.45. The lowest BCUT2D eigenvalue weighted by Gasteiger charge is -2.10. The number of anilines is 1. The Balaban J connectivity index is 2.34. The average Bonchev–Trinajstić information content (AvgIpc) is 2.17. The molecule has 1 aromatic heterocycles. The molecule has 1 heterocycles. The van der Waals surface area contributed by atoms with Crippen LogP contribution in [0.2, 0.25) is 0 Å². The van der Waals surface area contributed by atoms with Gasteiger partial charge in [-0.05, 0) is 18.4 Å². The molecule has 0 fully saturated rings. The fraction of sp³-hybridized carbons (Fsp3) is 0.600. The molecule has 0 saturated carbocycles. The van der Waals surface area contributed by atoms with Gasteiger partial charge in [0.05, 0.1) is 6.61 Å². The van der Waals surface area contributed by atoms with Gasteiger partial charge in [0.25, 0.3) is 0 Å². The van der Waals surface area contributed by atoms with Crippen molar-refractivity contribution in [3.05, 3.63) is 12.1 Å². The van der Waals surface area contributed by atoms with E-state index in [1.54, 1.807) is 12.1 Å². The minimum absolute atomic E-state index is 0.416. The Morgan fingerprint density at radius 2 is 2.21 bits per heavy atom. The van der Waals surface area contributed by atoms with Crippen LogP contribution in [-0.4, -0.2) is 16.8 Å². The summed E-state index contributed by atoms with van der Waals surface area (Å²) in [5, 5.41) is 7.52. The van der Waals surface area contributed by atoms with Crippen molar-refractivity contribution in [2.24, 2.45) is 5.92 Å². The highest BCUT2D eigenvalue weighted by Crippen LogP contribution is 2.10. The molecule has 4 nitrogen and oxygen atoms in total. The number of aromatic nitrogens is 2. The van der Waals surface area contributed by atoms with Gasteiger partial charge in [-0.3, -0.25) is 0 Å². The predicted octanol–water partition coefficient (Wildman–Crippen LogP) is 1.87. The zero-order valence-corrected chi connectivity index (χ0v) is 8.73. The van der Waals surface area contributed by atoms with Crippen molar-refractivity contribution in [3.63, 3.8) is 0 Å². The molecular weight excluding hydrogens is 178 g/mol. The minimum Gasteiger partial charge on any atom is -0.476 e. The molecule has 0 aliphatic rings. The van der Waals surface area contributed by atoms with Gasteiger partial charge in [0.1, 0.15) is 5.82 Å². The highest BCUT2D eigenvalue weighted by atomic mass is 16.5. The van der Waals surface area contributed by atoms with Gasteiger partial charge >= 0.3 is 0 Å². The summed E-state index contributed by atoms with van der Waals surface area (Å²) in [5.74, 6) is 1.51. The van der Waals surface area contributed by atoms with Gasteiger partial charge in [0, 0.05) is 6.07 Å². The maximum Gasteiger partial charge on any atom is 0.233 e. The second-order valence-electron chi connectivity index (χ2n) is 3.50. The molecule has 14 heavy (non-hydrogen) atoms. The second kappa shape index (κ2) is 5.42. The van der Waals surface area contributed by atoms with Crippen LogP contribution < -0.4 is 10.5 Å². The first kappa shape index (κ1) is 10.8. The van der Waals surface area contributed by atoms with E-state index >= 15 is 0 Å². The summed E-state index contributed by atoms with van der Waals surface area (Å²) in [6, 6.07) is 3.42. The van der Waals surface area contributed by atoms with Crippen LogP contribution >= 0.6 is 0 Å². The Morgan fingerprint density at radius 1 is 1.43 bits per heavy atom. The summed E-state index contributed by atoms with van der Waals surface area (Å²) in [6.45, 7) is 5.01. The molecule has 0 aromatic carbocycles. The van der Waals surface area contributed by atoms with Crippen LogP contribution in [0.15, 0.2) is 12.1 Å². The molecule has 0 saturated heterocycles. The van der Waals surface area contributed by atoms with Gasteiger partial charge in [-0.2, -0.15) is 0 Å². The van der Waals surface area contributed by atoms with Crippen LogP contribution in [0.4, 0.5) is 5.82 Å². The fourth-order valence-corrected chi connectivity index (χ4v) is 1.21. The molecule has 1 atom stereocenters. The fourth-order valence-electron chi connectivity index (χ4n) is 1.21. The van der Waals surface area contributed by atoms with E-state index in [2.05, 4.69) is 24.0 Å². The van der Waals surface area contributed by atoms with Crippen molar-refractivity contribution in [2.75, 3.05) is 12.3 Å². The molecule has 0 bridgehead atoms. The average molecular weight is 195 g/mol. The van der Waals surface area contributed by atoms with Crippen molar-refractivity contribution in [1.82, 2.24) is 10.2 Å². The van der Waals surface area contributed by atoms with Crippen LogP contribution in [0.5, 0.6) is 5.88 Å². The topological polar surface area (TPSA) is 61.0 Å². The Bertz CT molecular complexity index is 261. The standard InChI is InChI=1S/C10H17N3O/c1-3-4-8(2)7-14-10-6-5-9(11)12-13-10/h5-6,8H,3-4,7H2,1-2H3,(H2,11,12). The third kappa shape index (κ3) is 3.60. The van der Waals surface area contributed by atoms with Crippen molar-refractivity contribution >= 4 is 5.82 Å². The molecule has 2 N–H and O–H groups in total. The summed E-state index contributed by atoms with van der Waals surface area (Å²) >= 11 is 0. The van der Waals surface area contributed by atoms with Crippen LogP contribution in [0.1, 0.15) is 26.7 Å². The first-order valence-electron chi connectivity index (χ1n) is 4.94. The largest absolute Gasteiger partial charge is 0.476 e. The molecule has 0 amide bonds. The number of hydrogen-bond acceptors (Lipinski definition) is 4. The molecule has 0 spiro atoms. The normalized spacial score (nSPS) is 12.4. The van der Waals surface area contributed by atoms with Gasteiger partial charge in [-0.25, -0.2) is 0 Å². The SMILES string of the molecule is CCCC(C)COc1ccc(N)nn1. The zero-order valence-electron chi connectivity index (χ0n) is 8.73. The van der Waals surface area contributed by atoms with Crippen molar-refractivity contribution in [2.45, 2.75) is 26.7 Å². The second-order valence-corrected chi connectivity index (χ2v) is 3.50. The van der Waals surface area contributed by atoms with Crippen LogP contribution in [0.3, 0.4) is 0 Å². The number of nitrogens with zero attached hydrogens (tertiary/aromatic N) is 2. The van der Waals surface area contributed by atoms with Crippen LogP contribution in [0.25, 0.3) is 0 Å². The molecule has 0 aliphatic heterocycles. The summed E-state index contributed by atoms with van der Waals surface area (Å²) in [6.07, 6.45) is 2.35. The third-order valence-corrected chi connectivity index (χ3v) is 1.96. The summed E-state index contributed by atoms with van der Waals surface area (Å²) in [7, 11) is 0. The van der Waals surface area contributed by atoms with E-state index in [0.717, 1.165) is 0 Å². The smallest absolute Gasteiger partial charge is 0.233 e. The van der Waals surface area contributed by atoms with E-state index in [1.807, 2.05) is 0 Å². The van der Waals surface area contributed by atoms with Gasteiger partial charge in [0.15, 0.2) is 0 Å². The third-order valence-electron chi connectivity index (χ3n) is 1.96. The Hall–Kier alpha value is -1.32. The van der Waals surface area contributed by atoms with E-state index in [1.165, 1.54) is 12.8 Å². The van der Waals surface area contributed by atoms with Gasteiger partial charge in [0.2, 0.25) is 5.88 Å². The minimum atomic E-state index is 0.416. The maximum absolute atomic E-state index is 5.45. The molecule has 1 aromatic rings. The van der Waals surface area contributed by atoms with E-state index < -0.39 is 0 Å².